The molecular weight excluding hydrogens is 943 g/mol. The summed E-state index contributed by atoms with van der Waals surface area (Å²) >= 11 is 8.25. The maximum Gasteiger partial charge on any atom is 0.305 e. The van der Waals surface area contributed by atoms with Gasteiger partial charge in [0, 0.05) is 30.9 Å². The average molecular weight is 1010 g/mol. The Morgan fingerprint density at radius 2 is 1.30 bits per heavy atom. The SMILES string of the molecule is CC[C@H](C)[C@H](NC(=O)[C@H](Cc1ccc(O)cc1)NC(=O)[C@@H](N)CS)C(=O)N[C@@H](CCC(N)=O)C(=O)N[C@@H](CC(=O)O)C(=O)N[C@@H](CS)C(=O)N1CCC[C@H]1C(=O)N[C@@H](CC(C)C)C(=O)NCC(N)=O. The number of hydrogen-bond donors (Lipinski definition) is 14. The van der Waals surface area contributed by atoms with Crippen LogP contribution < -0.4 is 54.4 Å². The number of primary amides is 2. The molecule has 15 N–H and O–H groups in total. The maximum absolute atomic E-state index is 14.0. The van der Waals surface area contributed by atoms with Gasteiger partial charge in [-0.25, -0.2) is 0 Å². The van der Waals surface area contributed by atoms with Crippen LogP contribution in [0.1, 0.15) is 78.2 Å². The molecule has 0 aliphatic carbocycles. The molecular formula is C43H67N11O13S2. The number of amides is 10. The van der Waals surface area contributed by atoms with Gasteiger partial charge in [0.05, 0.1) is 19.0 Å². The summed E-state index contributed by atoms with van der Waals surface area (Å²) in [5.74, 6) is -11.3. The van der Waals surface area contributed by atoms with Gasteiger partial charge in [0.2, 0.25) is 59.1 Å². The number of carboxylic acid groups (broad SMARTS) is 1. The van der Waals surface area contributed by atoms with Gasteiger partial charge in [-0.3, -0.25) is 52.7 Å². The quantitative estimate of drug-likeness (QED) is 0.0346. The fraction of sp³-hybridized carbons (Fsp3) is 0.605. The average Bonchev–Trinajstić information content (AvgIpc) is 3.79. The Balaban J connectivity index is 2.34. The summed E-state index contributed by atoms with van der Waals surface area (Å²) in [7, 11) is 0. The van der Waals surface area contributed by atoms with Crippen molar-refractivity contribution in [3.63, 3.8) is 0 Å². The Hall–Kier alpha value is -6.15. The zero-order chi connectivity index (χ0) is 52.1. The Morgan fingerprint density at radius 1 is 0.725 bits per heavy atom. The van der Waals surface area contributed by atoms with Crippen LogP contribution in [0.5, 0.6) is 5.75 Å². The van der Waals surface area contributed by atoms with Crippen LogP contribution in [0.3, 0.4) is 0 Å². The van der Waals surface area contributed by atoms with Crippen molar-refractivity contribution >= 4 is 90.3 Å². The number of carbonyl (C=O) groups excluding carboxylic acids is 10. The normalized spacial score (nSPS) is 16.8. The molecule has 0 saturated carbocycles. The first-order valence-electron chi connectivity index (χ1n) is 22.4. The summed E-state index contributed by atoms with van der Waals surface area (Å²) in [6.07, 6.45) is -1.02. The Kier molecular flexibility index (Phi) is 24.8. The van der Waals surface area contributed by atoms with E-state index in [1.54, 1.807) is 13.8 Å². The molecule has 1 aliphatic heterocycles. The second-order valence-electron chi connectivity index (χ2n) is 17.1. The summed E-state index contributed by atoms with van der Waals surface area (Å²) in [6.45, 7) is 6.54. The molecule has 1 heterocycles. The van der Waals surface area contributed by atoms with E-state index in [2.05, 4.69) is 62.5 Å². The summed E-state index contributed by atoms with van der Waals surface area (Å²) in [5, 5.41) is 36.8. The van der Waals surface area contributed by atoms with Gasteiger partial charge in [0.1, 0.15) is 48.0 Å². The van der Waals surface area contributed by atoms with Crippen LogP contribution in [0, 0.1) is 11.8 Å². The monoisotopic (exact) mass is 1010 g/mol. The third-order valence-corrected chi connectivity index (χ3v) is 11.8. The van der Waals surface area contributed by atoms with E-state index in [-0.39, 0.29) is 49.0 Å². The molecule has 9 atom stereocenters. The van der Waals surface area contributed by atoms with Gasteiger partial charge in [-0.15, -0.1) is 0 Å². The third kappa shape index (κ3) is 19.8. The summed E-state index contributed by atoms with van der Waals surface area (Å²) in [6, 6.07) is -5.15. The van der Waals surface area contributed by atoms with Gasteiger partial charge in [0.15, 0.2) is 0 Å². The van der Waals surface area contributed by atoms with Gasteiger partial charge >= 0.3 is 5.97 Å². The van der Waals surface area contributed by atoms with Crippen molar-refractivity contribution in [3.05, 3.63) is 29.8 Å². The number of rotatable bonds is 29. The molecule has 1 saturated heterocycles. The second-order valence-corrected chi connectivity index (χ2v) is 17.9. The molecule has 26 heteroatoms. The number of nitrogens with zero attached hydrogens (tertiary/aromatic N) is 1. The van der Waals surface area contributed by atoms with Crippen molar-refractivity contribution in [3.8, 4) is 5.75 Å². The molecule has 384 valence electrons. The number of phenols is 1. The molecule has 10 amide bonds. The number of carboxylic acids is 1. The number of nitrogens with one attached hydrogen (secondary N) is 7. The molecule has 0 spiro atoms. The lowest BCUT2D eigenvalue weighted by Crippen LogP contribution is -2.61. The molecule has 0 unspecified atom stereocenters. The first-order chi connectivity index (χ1) is 32.4. The predicted molar refractivity (Wildman–Crippen MR) is 256 cm³/mol. The largest absolute Gasteiger partial charge is 0.508 e. The number of aliphatic carboxylic acids is 1. The van der Waals surface area contributed by atoms with Gasteiger partial charge in [-0.05, 0) is 55.2 Å². The highest BCUT2D eigenvalue weighted by Gasteiger charge is 2.40. The lowest BCUT2D eigenvalue weighted by molar-refractivity contribution is -0.143. The molecule has 2 rings (SSSR count). The molecule has 0 aromatic heterocycles. The van der Waals surface area contributed by atoms with Crippen molar-refractivity contribution in [2.24, 2.45) is 29.0 Å². The first-order valence-corrected chi connectivity index (χ1v) is 23.6. The van der Waals surface area contributed by atoms with Gasteiger partial charge in [-0.2, -0.15) is 25.3 Å². The summed E-state index contributed by atoms with van der Waals surface area (Å²) < 4.78 is 0. The van der Waals surface area contributed by atoms with Crippen molar-refractivity contribution < 1.29 is 63.0 Å². The number of benzene rings is 1. The number of phenolic OH excluding ortho intramolecular Hbond substituents is 1. The van der Waals surface area contributed by atoms with Crippen LogP contribution in [0.4, 0.5) is 0 Å². The van der Waals surface area contributed by atoms with Gasteiger partial charge < -0.3 is 69.5 Å². The number of likely N-dealkylation sites (tertiary alicyclic amines) is 1. The highest BCUT2D eigenvalue weighted by molar-refractivity contribution is 7.80. The van der Waals surface area contributed by atoms with E-state index in [1.165, 1.54) is 29.2 Å². The van der Waals surface area contributed by atoms with E-state index in [4.69, 9.17) is 17.2 Å². The van der Waals surface area contributed by atoms with Crippen LogP contribution in [-0.4, -0.2) is 153 Å². The number of thiol groups is 2. The Morgan fingerprint density at radius 3 is 1.86 bits per heavy atom. The zero-order valence-electron chi connectivity index (χ0n) is 39.0. The Bertz CT molecular complexity index is 2010. The molecule has 1 aromatic carbocycles. The van der Waals surface area contributed by atoms with E-state index in [0.29, 0.717) is 18.4 Å². The highest BCUT2D eigenvalue weighted by atomic mass is 32.1. The molecule has 1 fully saturated rings. The van der Waals surface area contributed by atoms with Crippen LogP contribution in [0.2, 0.25) is 0 Å². The topological polar surface area (TPSA) is 394 Å². The minimum absolute atomic E-state index is 0.0486. The zero-order valence-corrected chi connectivity index (χ0v) is 40.8. The predicted octanol–water partition coefficient (Wildman–Crippen LogP) is -3.54. The van der Waals surface area contributed by atoms with E-state index >= 15 is 0 Å². The molecule has 0 bridgehead atoms. The van der Waals surface area contributed by atoms with Gasteiger partial charge in [-0.1, -0.05) is 46.2 Å². The maximum atomic E-state index is 14.0. The number of hydrogen-bond acceptors (Lipinski definition) is 15. The smallest absolute Gasteiger partial charge is 0.305 e. The van der Waals surface area contributed by atoms with E-state index in [1.807, 2.05) is 13.8 Å². The Labute approximate surface area is 410 Å². The number of aromatic hydroxyl groups is 1. The molecule has 1 aromatic rings. The summed E-state index contributed by atoms with van der Waals surface area (Å²) in [5.41, 5.74) is 16.9. The van der Waals surface area contributed by atoms with Crippen molar-refractivity contribution in [2.45, 2.75) is 127 Å². The molecule has 24 nitrogen and oxygen atoms in total. The van der Waals surface area contributed by atoms with Crippen molar-refractivity contribution in [1.82, 2.24) is 42.1 Å². The lowest BCUT2D eigenvalue weighted by Gasteiger charge is -2.30. The fourth-order valence-electron chi connectivity index (χ4n) is 7.10. The highest BCUT2D eigenvalue weighted by Crippen LogP contribution is 2.20. The minimum Gasteiger partial charge on any atom is -0.508 e. The van der Waals surface area contributed by atoms with E-state index in [0.717, 1.165) is 0 Å². The third-order valence-electron chi connectivity index (χ3n) is 11.1. The van der Waals surface area contributed by atoms with Gasteiger partial charge in [0.25, 0.3) is 0 Å². The second kappa shape index (κ2) is 29.0. The number of carbonyl (C=O) groups is 11. The van der Waals surface area contributed by atoms with Crippen LogP contribution in [0.15, 0.2) is 24.3 Å². The molecule has 69 heavy (non-hydrogen) atoms. The number of nitrogens with two attached hydrogens (primary N) is 3. The first kappa shape index (κ1) is 59.0. The fourth-order valence-corrected chi connectivity index (χ4v) is 7.51. The summed E-state index contributed by atoms with van der Waals surface area (Å²) in [4.78, 5) is 145. The minimum atomic E-state index is -1.88. The standard InChI is InChI=1S/C43H67N11O13S2/c1-5-22(4)35(53-40(64)28(49-36(60)25(44)19-68)16-23-8-10-24(55)11-9-23)42(66)48-26(12-13-32(45)56)38(62)50-29(17-34(58)59)39(63)52-30(20-69)43(67)54-14-6-7-31(54)41(65)51-27(15-21(2)3)37(61)47-18-33(46)57/h8-11,21-22,25-31,35,55,68-69H,5-7,12-20,44H2,1-4H3,(H2,45,56)(H2,46,57)(H,47,61)(H,48,66)(H,49,60)(H,50,62)(H,51,65)(H,52,63)(H,53,64)(H,58,59)/t22-,25-,26-,27-,28-,29-,30-,31-,35-/m0/s1. The van der Waals surface area contributed by atoms with E-state index in [9.17, 15) is 63.0 Å². The molecule has 0 radical (unpaired) electrons. The van der Waals surface area contributed by atoms with Crippen LogP contribution in [0.25, 0.3) is 0 Å². The van der Waals surface area contributed by atoms with Crippen LogP contribution >= 0.6 is 25.3 Å². The van der Waals surface area contributed by atoms with Crippen molar-refractivity contribution in [1.29, 1.82) is 0 Å². The lowest BCUT2D eigenvalue weighted by atomic mass is 9.96. The molecule has 1 aliphatic rings. The van der Waals surface area contributed by atoms with E-state index < -0.39 is 145 Å². The van der Waals surface area contributed by atoms with Crippen molar-refractivity contribution in [2.75, 3.05) is 24.6 Å². The van der Waals surface area contributed by atoms with Crippen LogP contribution in [-0.2, 0) is 59.2 Å².